The number of alkyl halides is 3. The molecule has 3 aromatic rings. The van der Waals surface area contributed by atoms with Crippen LogP contribution in [0.3, 0.4) is 0 Å². The van der Waals surface area contributed by atoms with Crippen LogP contribution in [0.15, 0.2) is 30.6 Å². The zero-order chi connectivity index (χ0) is 38.8. The first-order valence-electron chi connectivity index (χ1n) is 17.8. The number of hydrogen-bond donors (Lipinski definition) is 2. The lowest BCUT2D eigenvalue weighted by Gasteiger charge is -2.38. The summed E-state index contributed by atoms with van der Waals surface area (Å²) in [6.45, 7) is 14.6. The maximum absolute atomic E-state index is 13.7. The predicted molar refractivity (Wildman–Crippen MR) is 199 cm³/mol. The fourth-order valence-corrected chi connectivity index (χ4v) is 7.03. The Labute approximate surface area is 313 Å². The van der Waals surface area contributed by atoms with Crippen LogP contribution in [0.2, 0.25) is 0 Å². The Balaban J connectivity index is 1.31. The third-order valence-electron chi connectivity index (χ3n) is 8.13. The van der Waals surface area contributed by atoms with Crippen molar-refractivity contribution < 1.29 is 41.7 Å². The lowest BCUT2D eigenvalue weighted by Crippen LogP contribution is -2.45. The minimum absolute atomic E-state index is 0.0609. The van der Waals surface area contributed by atoms with Gasteiger partial charge in [0.1, 0.15) is 11.2 Å². The molecule has 4 rings (SSSR count). The summed E-state index contributed by atoms with van der Waals surface area (Å²) in [5.74, 6) is 5.50. The van der Waals surface area contributed by atoms with E-state index >= 15 is 0 Å². The monoisotopic (exact) mass is 763 g/mol. The predicted octanol–water partition coefficient (Wildman–Crippen LogP) is 6.89. The van der Waals surface area contributed by atoms with Crippen LogP contribution in [-0.2, 0) is 31.9 Å². The number of rotatable bonds is 14. The molecule has 2 aromatic heterocycles. The quantitative estimate of drug-likeness (QED) is 0.103. The number of amides is 1. The Hall–Kier alpha value is -3.84. The first kappa shape index (κ1) is 41.9. The number of anilines is 1. The lowest BCUT2D eigenvalue weighted by molar-refractivity contribution is -0.127. The second-order valence-corrected chi connectivity index (χ2v) is 16.1. The number of nitrogens with zero attached hydrogens (tertiary/aromatic N) is 3. The fourth-order valence-electron chi connectivity index (χ4n) is 5.86. The van der Waals surface area contributed by atoms with E-state index in [0.717, 1.165) is 36.3 Å². The van der Waals surface area contributed by atoms with Crippen LogP contribution < -0.4 is 10.6 Å². The van der Waals surface area contributed by atoms with Crippen molar-refractivity contribution in [2.24, 2.45) is 5.92 Å². The van der Waals surface area contributed by atoms with E-state index in [4.69, 9.17) is 18.9 Å². The number of likely N-dealkylation sites (tertiary alicyclic amines) is 1. The number of hydrogen-bond acceptors (Lipinski definition) is 10. The number of piperidine rings is 1. The Morgan fingerprint density at radius 3 is 2.43 bits per heavy atom. The largest absolute Gasteiger partial charge is 0.456 e. The van der Waals surface area contributed by atoms with E-state index in [-0.39, 0.29) is 24.1 Å². The van der Waals surface area contributed by atoms with E-state index < -0.39 is 35.9 Å². The molecule has 11 nitrogen and oxygen atoms in total. The Bertz CT molecular complexity index is 1730. The number of alkyl carbamates (subject to hydrolysis) is 1. The number of benzene rings is 1. The van der Waals surface area contributed by atoms with Gasteiger partial charge in [-0.05, 0) is 90.9 Å². The van der Waals surface area contributed by atoms with Crippen molar-refractivity contribution >= 4 is 39.2 Å². The molecular formula is C38H52F3N5O6S. The van der Waals surface area contributed by atoms with Gasteiger partial charge in [-0.1, -0.05) is 24.0 Å². The summed E-state index contributed by atoms with van der Waals surface area (Å²) < 4.78 is 65.8. The van der Waals surface area contributed by atoms with E-state index in [2.05, 4.69) is 39.5 Å². The first-order chi connectivity index (χ1) is 24.9. The van der Waals surface area contributed by atoms with Crippen molar-refractivity contribution in [3.63, 3.8) is 0 Å². The second-order valence-electron chi connectivity index (χ2n) is 15.1. The molecule has 3 heterocycles. The molecule has 2 atom stereocenters. The molecule has 0 bridgehead atoms. The SMILES string of the molecule is CN1CCC(Nc2cccc3c(CC(F)(F)F)c(C#CCNC(=O)OC(C)(C)C)sc23)C(CCOCCOCCn2cc(C(=O)OC(C)(C)C)cn2)C1. The van der Waals surface area contributed by atoms with Gasteiger partial charge in [0.25, 0.3) is 0 Å². The van der Waals surface area contributed by atoms with Crippen molar-refractivity contribution in [2.45, 2.75) is 90.8 Å². The highest BCUT2D eigenvalue weighted by atomic mass is 32.1. The van der Waals surface area contributed by atoms with Crippen LogP contribution in [0.5, 0.6) is 0 Å². The molecule has 0 spiro atoms. The second kappa shape index (κ2) is 18.5. The van der Waals surface area contributed by atoms with E-state index in [1.165, 1.54) is 17.5 Å². The summed E-state index contributed by atoms with van der Waals surface area (Å²) in [5.41, 5.74) is 0.0494. The third kappa shape index (κ3) is 14.1. The van der Waals surface area contributed by atoms with Gasteiger partial charge in [0.15, 0.2) is 0 Å². The number of ether oxygens (including phenoxy) is 4. The molecule has 53 heavy (non-hydrogen) atoms. The molecule has 1 aromatic carbocycles. The van der Waals surface area contributed by atoms with Crippen LogP contribution >= 0.6 is 11.3 Å². The molecule has 0 saturated carbocycles. The van der Waals surface area contributed by atoms with Gasteiger partial charge in [-0.2, -0.15) is 18.3 Å². The van der Waals surface area contributed by atoms with E-state index in [1.54, 1.807) is 43.8 Å². The number of carbonyl (C=O) groups excluding carboxylic acids is 2. The minimum Gasteiger partial charge on any atom is -0.456 e. The molecule has 2 unspecified atom stereocenters. The highest BCUT2D eigenvalue weighted by molar-refractivity contribution is 7.20. The zero-order valence-electron chi connectivity index (χ0n) is 31.7. The van der Waals surface area contributed by atoms with Crippen LogP contribution in [-0.4, -0.2) is 103 Å². The van der Waals surface area contributed by atoms with Gasteiger partial charge in [0.05, 0.1) is 66.4 Å². The number of nitrogens with one attached hydrogen (secondary N) is 2. The molecule has 1 fully saturated rings. The lowest BCUT2D eigenvalue weighted by atomic mass is 9.89. The minimum atomic E-state index is -4.42. The number of thiophene rings is 1. The molecular weight excluding hydrogens is 712 g/mol. The van der Waals surface area contributed by atoms with Gasteiger partial charge < -0.3 is 34.5 Å². The summed E-state index contributed by atoms with van der Waals surface area (Å²) in [5, 5.41) is 10.9. The molecule has 1 saturated heterocycles. The highest BCUT2D eigenvalue weighted by Gasteiger charge is 2.32. The molecule has 1 aliphatic heterocycles. The Kier molecular flexibility index (Phi) is 14.6. The fraction of sp³-hybridized carbons (Fsp3) is 0.605. The van der Waals surface area contributed by atoms with Crippen LogP contribution in [0, 0.1) is 17.8 Å². The molecule has 1 aliphatic rings. The maximum atomic E-state index is 13.7. The number of esters is 1. The molecule has 1 amide bonds. The third-order valence-corrected chi connectivity index (χ3v) is 9.33. The number of aromatic nitrogens is 2. The van der Waals surface area contributed by atoms with E-state index in [9.17, 15) is 22.8 Å². The van der Waals surface area contributed by atoms with E-state index in [0.29, 0.717) is 48.8 Å². The zero-order valence-corrected chi connectivity index (χ0v) is 32.5. The standard InChI is InChI=1S/C38H52F3N5O6S/c1-36(2,3)51-34(47)27-23-43-46(25-27)17-19-50-21-20-49-18-14-26-24-45(7)16-13-30(26)44-31-11-8-10-28-29(22-38(39,40)41)32(53-33(28)31)12-9-15-42-35(48)52-37(4,5)6/h8,10-11,23,25-26,30,44H,13-22,24H2,1-7H3,(H,42,48). The van der Waals surface area contributed by atoms with Crippen molar-refractivity contribution in [1.82, 2.24) is 20.0 Å². The maximum Gasteiger partial charge on any atom is 0.408 e. The van der Waals surface area contributed by atoms with Gasteiger partial charge >= 0.3 is 18.2 Å². The Morgan fingerprint density at radius 2 is 1.74 bits per heavy atom. The number of fused-ring (bicyclic) bond motifs is 1. The van der Waals surface area contributed by atoms with Gasteiger partial charge in [0.2, 0.25) is 0 Å². The summed E-state index contributed by atoms with van der Waals surface area (Å²) >= 11 is 1.23. The molecule has 0 radical (unpaired) electrons. The average molecular weight is 764 g/mol. The molecule has 2 N–H and O–H groups in total. The summed E-state index contributed by atoms with van der Waals surface area (Å²) in [4.78, 5) is 26.8. The molecule has 15 heteroatoms. The van der Waals surface area contributed by atoms with Gasteiger partial charge in [-0.15, -0.1) is 11.3 Å². The van der Waals surface area contributed by atoms with E-state index in [1.807, 2.05) is 26.8 Å². The van der Waals surface area contributed by atoms with Crippen molar-refractivity contribution in [1.29, 1.82) is 0 Å². The normalized spacial score (nSPS) is 16.9. The van der Waals surface area contributed by atoms with Gasteiger partial charge in [0, 0.05) is 25.4 Å². The topological polar surface area (TPSA) is 116 Å². The van der Waals surface area contributed by atoms with Crippen LogP contribution in [0.25, 0.3) is 10.1 Å². The smallest absolute Gasteiger partial charge is 0.408 e. The van der Waals surface area contributed by atoms with Crippen molar-refractivity contribution in [3.8, 4) is 11.8 Å². The average Bonchev–Trinajstić information content (AvgIpc) is 3.65. The van der Waals surface area contributed by atoms with Crippen molar-refractivity contribution in [2.75, 3.05) is 58.4 Å². The van der Waals surface area contributed by atoms with Crippen LogP contribution in [0.1, 0.15) is 75.2 Å². The van der Waals surface area contributed by atoms with Gasteiger partial charge in [-0.25, -0.2) is 9.59 Å². The van der Waals surface area contributed by atoms with Crippen molar-refractivity contribution in [3.05, 3.63) is 46.6 Å². The first-order valence-corrected chi connectivity index (χ1v) is 18.6. The number of carbonyl (C=O) groups is 2. The van der Waals surface area contributed by atoms with Crippen LogP contribution in [0.4, 0.5) is 23.7 Å². The summed E-state index contributed by atoms with van der Waals surface area (Å²) in [7, 11) is 2.08. The number of halogens is 3. The molecule has 292 valence electrons. The van der Waals surface area contributed by atoms with Gasteiger partial charge in [-0.3, -0.25) is 4.68 Å². The highest BCUT2D eigenvalue weighted by Crippen LogP contribution is 2.40. The summed E-state index contributed by atoms with van der Waals surface area (Å²) in [6.07, 6.45) is -1.37. The summed E-state index contributed by atoms with van der Waals surface area (Å²) in [6, 6.07) is 5.48. The molecule has 0 aliphatic carbocycles. The Morgan fingerprint density at radius 1 is 1.02 bits per heavy atom.